The van der Waals surface area contributed by atoms with Gasteiger partial charge in [-0.3, -0.25) is 24.5 Å². The molecule has 0 bridgehead atoms. The first-order valence-corrected chi connectivity index (χ1v) is 49.9. The van der Waals surface area contributed by atoms with E-state index in [0.29, 0.717) is 146 Å². The van der Waals surface area contributed by atoms with Crippen LogP contribution in [0.2, 0.25) is 0 Å². The van der Waals surface area contributed by atoms with Crippen molar-refractivity contribution in [3.05, 3.63) is 58.1 Å². The molecule has 15 rings (SSSR count). The molecule has 8 fully saturated rings. The molecule has 2 atom stereocenters. The van der Waals surface area contributed by atoms with Crippen molar-refractivity contribution in [2.75, 3.05) is 150 Å². The van der Waals surface area contributed by atoms with Crippen molar-refractivity contribution in [3.8, 4) is 21.7 Å². The van der Waals surface area contributed by atoms with E-state index in [2.05, 4.69) is 76.1 Å². The van der Waals surface area contributed by atoms with Gasteiger partial charge in [0.15, 0.2) is 50.7 Å². The molecule has 6 aromatic heterocycles. The molecule has 4 saturated heterocycles. The van der Waals surface area contributed by atoms with E-state index in [-0.39, 0.29) is 144 Å². The van der Waals surface area contributed by atoms with Crippen LogP contribution in [0.25, 0.3) is 21.7 Å². The molecular formula is C87H109BrF20N20O12S4. The standard InChI is InChI=1S/C23H30F5N5O4S.C23H28F5N5O3S.C20H29F2N5O3S.C18H20F5N5OS.C3H2BrF3O/c1-21(2,3)37-20(35)33(13-4-6-22(24,25)7-5-13)15-12-14(32-8-10-36-11-9-32)29-17(30-15)18-31-16(19(34)38-18)23(26,27)28;1-21(2,3)36-20(34)33(14-4-6-22(24,25)7-5-14)17-12-16(32-8-10-35-11-9-32)30-18(31-17)19-29-15(13-37-19)23(26,27)28;1-19(2,3)30-18(28)27(13-4-6-20(21,22)7-5-13)15-12-14(24-17(25-15)16(23)31)26-8-10-29-11-9-26;19-17(20)3-1-11(2-4-17)24-13-9-14(28-5-7-29-8-6-28)27-15(26-13)16-25-12(10-30-16)18(21,22)23;4-1-2(8)3(5,6)7/h12-13,16,19,34H,4-11H2,1-3H3;12-14H,4-11H2,1-3H3;12-13H,4-11H2,1-3H3,(H2,23,31);9-11H,1-8H2,(H,24,26,27);1H2. The van der Waals surface area contributed by atoms with Crippen molar-refractivity contribution in [1.29, 1.82) is 0 Å². The second-order valence-electron chi connectivity index (χ2n) is 37.6. The van der Waals surface area contributed by atoms with Crippen LogP contribution >= 0.6 is 62.6 Å². The lowest BCUT2D eigenvalue weighted by Crippen LogP contribution is -2.47. The highest BCUT2D eigenvalue weighted by Crippen LogP contribution is 2.46. The zero-order valence-electron chi connectivity index (χ0n) is 79.4. The van der Waals surface area contributed by atoms with Gasteiger partial charge >= 0.3 is 43.0 Å². The Balaban J connectivity index is 0.000000179. The first kappa shape index (κ1) is 115. The number of rotatable bonds is 17. The van der Waals surface area contributed by atoms with Gasteiger partial charge in [0.2, 0.25) is 29.5 Å². The maximum absolute atomic E-state index is 13.9. The first-order valence-electron chi connectivity index (χ1n) is 45.7. The third kappa shape index (κ3) is 33.7. The number of thiocarbonyl (C=S) groups is 1. The summed E-state index contributed by atoms with van der Waals surface area (Å²) in [4.78, 5) is 107. The summed E-state index contributed by atoms with van der Waals surface area (Å²) in [5.74, 6) is -10.5. The van der Waals surface area contributed by atoms with Crippen LogP contribution in [-0.4, -0.2) is 288 Å². The third-order valence-electron chi connectivity index (χ3n) is 22.8. The van der Waals surface area contributed by atoms with E-state index in [1.807, 2.05) is 19.6 Å². The Hall–Kier alpha value is -9.15. The van der Waals surface area contributed by atoms with Crippen molar-refractivity contribution in [2.45, 2.75) is 266 Å². The molecule has 0 aromatic carbocycles. The molecule has 32 nitrogen and oxygen atoms in total. The number of amides is 3. The second-order valence-corrected chi connectivity index (χ2v) is 41.4. The summed E-state index contributed by atoms with van der Waals surface area (Å²) in [5.41, 5.74) is -0.705. The number of aliphatic imine (C=N–C) groups is 1. The number of ketones is 1. The first-order chi connectivity index (χ1) is 67.0. The highest BCUT2D eigenvalue weighted by molar-refractivity contribution is 9.09. The molecule has 0 radical (unpaired) electrons. The van der Waals surface area contributed by atoms with Crippen molar-refractivity contribution in [3.63, 3.8) is 0 Å². The van der Waals surface area contributed by atoms with Gasteiger partial charge in [0.05, 0.1) is 58.2 Å². The Bertz CT molecular complexity index is 5350. The van der Waals surface area contributed by atoms with Crippen molar-refractivity contribution in [1.82, 2.24) is 49.8 Å². The molecular weight excluding hydrogens is 2110 g/mol. The smallest absolute Gasteiger partial charge is 0.443 e. The zero-order chi connectivity index (χ0) is 106. The van der Waals surface area contributed by atoms with Crippen molar-refractivity contribution >= 4 is 143 Å². The van der Waals surface area contributed by atoms with Crippen LogP contribution in [0.15, 0.2) is 40.0 Å². The predicted molar refractivity (Wildman–Crippen MR) is 502 cm³/mol. The molecule has 11 heterocycles. The molecule has 800 valence electrons. The Morgan fingerprint density at radius 3 is 1.06 bits per heavy atom. The molecule has 4 saturated carbocycles. The topological polar surface area (TPSA) is 355 Å². The Morgan fingerprint density at radius 2 is 0.764 bits per heavy atom. The number of nitrogens with zero attached hydrogens (tertiary/aromatic N) is 18. The number of thioether (sulfide) groups is 1. The minimum absolute atomic E-state index is 0.00536. The number of aliphatic hydroxyl groups is 1. The average molecular weight is 2220 g/mol. The number of Topliss-reactive ketones (excluding diaryl/α,β-unsaturated/α-hetero) is 1. The van der Waals surface area contributed by atoms with Crippen molar-refractivity contribution in [2.24, 2.45) is 10.7 Å². The van der Waals surface area contributed by atoms with Gasteiger partial charge < -0.3 is 68.9 Å². The fourth-order valence-corrected chi connectivity index (χ4v) is 18.5. The number of hydrogen-bond donors (Lipinski definition) is 3. The zero-order valence-corrected chi connectivity index (χ0v) is 84.3. The lowest BCUT2D eigenvalue weighted by molar-refractivity contribution is -0.167. The number of hydrogen-bond acceptors (Lipinski definition) is 32. The van der Waals surface area contributed by atoms with Crippen LogP contribution < -0.4 is 45.3 Å². The van der Waals surface area contributed by atoms with Gasteiger partial charge in [0.1, 0.15) is 78.8 Å². The molecule has 5 aliphatic heterocycles. The van der Waals surface area contributed by atoms with Gasteiger partial charge in [-0.2, -0.15) is 52.7 Å². The SMILES string of the molecule is CC(C)(C)OC(=O)N(c1cc(N2CCOCC2)nc(-c2nc(C(F)(F)F)cs2)n1)C1CCC(F)(F)CC1.CC(C)(C)OC(=O)N(c1cc(N2CCOCC2)nc(C(N)=S)n1)C1CCC(F)(F)CC1.CC(C)(C)OC(=O)N(c1cc(N2CCOCC2)nc(C2=NC(C(F)(F)F)C(O)S2)n1)C1CCC(F)(F)CC1.FC1(F)CCC(Nc2cc(N3CCOCC3)nc(-c3nc(C(F)(F)F)cs3)n2)CC1.O=C(CBr)C(F)(F)F. The fourth-order valence-electron chi connectivity index (χ4n) is 15.7. The number of carbonyl (C=O) groups is 4. The normalized spacial score (nSPS) is 20.6. The number of anilines is 8. The molecule has 4 aliphatic carbocycles. The fraction of sp³-hybridized carbons (Fsp3) is 0.678. The summed E-state index contributed by atoms with van der Waals surface area (Å²) in [6, 6.07) is 2.02. The van der Waals surface area contributed by atoms with E-state index >= 15 is 0 Å². The summed E-state index contributed by atoms with van der Waals surface area (Å²) in [7, 11) is 0. The molecule has 4 N–H and O–H groups in total. The summed E-state index contributed by atoms with van der Waals surface area (Å²) >= 11 is 9.47. The number of ether oxygens (including phenoxy) is 7. The maximum Gasteiger partial charge on any atom is 0.450 e. The van der Waals surface area contributed by atoms with E-state index in [9.17, 15) is 112 Å². The Kier molecular flexibility index (Phi) is 38.0. The summed E-state index contributed by atoms with van der Waals surface area (Å²) < 4.78 is 300. The van der Waals surface area contributed by atoms with E-state index in [1.165, 1.54) is 26.8 Å². The van der Waals surface area contributed by atoms with Crippen LogP contribution in [0.5, 0.6) is 0 Å². The summed E-state index contributed by atoms with van der Waals surface area (Å²) in [6.45, 7) is 23.1. The van der Waals surface area contributed by atoms with E-state index < -0.39 is 161 Å². The number of carbonyl (C=O) groups excluding carboxylic acids is 4. The predicted octanol–water partition coefficient (Wildman–Crippen LogP) is 19.4. The molecule has 2 unspecified atom stereocenters. The number of alkyl halides is 21. The van der Waals surface area contributed by atoms with Crippen LogP contribution in [0.4, 0.5) is 149 Å². The van der Waals surface area contributed by atoms with Gasteiger partial charge in [-0.1, -0.05) is 39.9 Å². The third-order valence-corrected chi connectivity index (χ3v) is 26.2. The molecule has 144 heavy (non-hydrogen) atoms. The van der Waals surface area contributed by atoms with Gasteiger partial charge in [-0.25, -0.2) is 99.3 Å². The number of aliphatic hydroxyl groups excluding tert-OH is 1. The van der Waals surface area contributed by atoms with Gasteiger partial charge in [-0.15, -0.1) is 22.7 Å². The van der Waals surface area contributed by atoms with Crippen LogP contribution in [0.1, 0.15) is 188 Å². The molecule has 0 spiro atoms. The van der Waals surface area contributed by atoms with Crippen LogP contribution in [0, 0.1) is 0 Å². The van der Waals surface area contributed by atoms with E-state index in [4.69, 9.17) is 51.1 Å². The van der Waals surface area contributed by atoms with Crippen LogP contribution in [0.3, 0.4) is 0 Å². The molecule has 57 heteroatoms. The minimum atomic E-state index is -4.78. The molecule has 9 aliphatic rings. The highest BCUT2D eigenvalue weighted by Gasteiger charge is 2.51. The quantitative estimate of drug-likeness (QED) is 0.0330. The minimum Gasteiger partial charge on any atom is -0.443 e. The average Bonchev–Trinajstić information content (AvgIpc) is 1.06. The van der Waals surface area contributed by atoms with Crippen molar-refractivity contribution < 1.29 is 145 Å². The Labute approximate surface area is 840 Å². The van der Waals surface area contributed by atoms with Crippen LogP contribution in [-0.2, 0) is 50.3 Å². The van der Waals surface area contributed by atoms with Gasteiger partial charge in [0, 0.05) is 163 Å². The number of halogens is 21. The highest BCUT2D eigenvalue weighted by atomic mass is 79.9. The summed E-state index contributed by atoms with van der Waals surface area (Å²) in [6.07, 6.45) is -22.8. The summed E-state index contributed by atoms with van der Waals surface area (Å²) in [5, 5.41) is 14.0. The second kappa shape index (κ2) is 47.6. The lowest BCUT2D eigenvalue weighted by Gasteiger charge is -2.37. The monoisotopic (exact) mass is 2210 g/mol. The number of morpholine rings is 4. The number of nitrogens with one attached hydrogen (secondary N) is 1. The maximum atomic E-state index is 13.9. The van der Waals surface area contributed by atoms with E-state index in [1.54, 1.807) is 74.4 Å². The Morgan fingerprint density at radius 1 is 0.458 bits per heavy atom. The molecule has 3 amide bonds. The van der Waals surface area contributed by atoms with E-state index in [0.717, 1.165) is 33.4 Å². The molecule has 6 aromatic rings. The number of thiazole rings is 2. The van der Waals surface area contributed by atoms with Gasteiger partial charge in [0.25, 0.3) is 0 Å². The lowest BCUT2D eigenvalue weighted by atomic mass is 9.91. The number of aromatic nitrogens is 10. The largest absolute Gasteiger partial charge is 0.450 e. The van der Waals surface area contributed by atoms with Gasteiger partial charge in [-0.05, 0) is 114 Å². The number of nitrogens with two attached hydrogens (primary N) is 1.